The maximum absolute atomic E-state index is 12.7. The zero-order valence-corrected chi connectivity index (χ0v) is 16.5. The average molecular weight is 432 g/mol. The van der Waals surface area contributed by atoms with Gasteiger partial charge in [0.25, 0.3) is 11.4 Å². The normalized spacial score (nSPS) is 17.2. The molecule has 0 spiro atoms. The second-order valence-electron chi connectivity index (χ2n) is 6.40. The number of methoxy groups -OCH3 is 3. The van der Waals surface area contributed by atoms with E-state index >= 15 is 0 Å². The highest BCUT2D eigenvalue weighted by Gasteiger charge is 2.48. The van der Waals surface area contributed by atoms with Crippen LogP contribution >= 0.6 is 0 Å². The van der Waals surface area contributed by atoms with Crippen molar-refractivity contribution >= 4 is 23.3 Å². The molecule has 2 aromatic carbocycles. The fourth-order valence-corrected chi connectivity index (χ4v) is 3.49. The van der Waals surface area contributed by atoms with Crippen molar-refractivity contribution in [1.82, 2.24) is 0 Å². The molecule has 1 aliphatic heterocycles. The number of hydrogen-bond donors (Lipinski definition) is 0. The molecule has 2 unspecified atom stereocenters. The highest BCUT2D eigenvalue weighted by molar-refractivity contribution is 5.99. The molecule has 0 fully saturated rings. The second kappa shape index (κ2) is 8.26. The number of carbonyl (C=O) groups excluding carboxylic acids is 2. The first kappa shape index (κ1) is 21.5. The molecule has 0 saturated carbocycles. The summed E-state index contributed by atoms with van der Waals surface area (Å²) in [5.74, 6) is -4.51. The third-order valence-electron chi connectivity index (χ3n) is 4.85. The first-order chi connectivity index (χ1) is 14.7. The summed E-state index contributed by atoms with van der Waals surface area (Å²) in [4.78, 5) is 46.4. The number of rotatable bonds is 6. The van der Waals surface area contributed by atoms with Gasteiger partial charge >= 0.3 is 11.9 Å². The van der Waals surface area contributed by atoms with Crippen LogP contribution in [0.1, 0.15) is 17.0 Å². The Bertz CT molecular complexity index is 1100. The summed E-state index contributed by atoms with van der Waals surface area (Å²) in [7, 11) is 3.75. The van der Waals surface area contributed by atoms with Gasteiger partial charge < -0.3 is 18.9 Å². The van der Waals surface area contributed by atoms with Gasteiger partial charge in [0.1, 0.15) is 17.2 Å². The molecule has 1 heterocycles. The van der Waals surface area contributed by atoms with Crippen molar-refractivity contribution in [2.24, 2.45) is 5.92 Å². The van der Waals surface area contributed by atoms with E-state index < -0.39 is 45.0 Å². The van der Waals surface area contributed by atoms with E-state index in [9.17, 15) is 29.8 Å². The van der Waals surface area contributed by atoms with Crippen LogP contribution in [0.25, 0.3) is 0 Å². The molecule has 0 aromatic heterocycles. The van der Waals surface area contributed by atoms with Crippen molar-refractivity contribution in [2.45, 2.75) is 5.92 Å². The van der Waals surface area contributed by atoms with Crippen molar-refractivity contribution in [3.05, 3.63) is 61.7 Å². The van der Waals surface area contributed by atoms with Crippen LogP contribution in [0, 0.1) is 26.1 Å². The average Bonchev–Trinajstić information content (AvgIpc) is 2.76. The summed E-state index contributed by atoms with van der Waals surface area (Å²) >= 11 is 0. The van der Waals surface area contributed by atoms with Crippen molar-refractivity contribution in [3.8, 4) is 17.2 Å². The summed E-state index contributed by atoms with van der Waals surface area (Å²) in [5, 5.41) is 22.8. The minimum absolute atomic E-state index is 0.0287. The molecule has 1 aliphatic rings. The molecule has 12 heteroatoms. The van der Waals surface area contributed by atoms with Gasteiger partial charge in [-0.3, -0.25) is 29.8 Å². The molecule has 0 saturated heterocycles. The number of fused-ring (bicyclic) bond motifs is 1. The number of nitro benzene ring substituents is 2. The summed E-state index contributed by atoms with van der Waals surface area (Å²) in [6.45, 7) is 0. The smallest absolute Gasteiger partial charge is 0.326 e. The molecule has 2 aromatic rings. The predicted molar refractivity (Wildman–Crippen MR) is 102 cm³/mol. The molecule has 0 N–H and O–H groups in total. The largest absolute Gasteiger partial charge is 0.496 e. The molecule has 162 valence electrons. The van der Waals surface area contributed by atoms with Gasteiger partial charge in [0.2, 0.25) is 0 Å². The first-order valence-corrected chi connectivity index (χ1v) is 8.71. The summed E-state index contributed by atoms with van der Waals surface area (Å²) in [6, 6.07) is 5.76. The number of esters is 2. The van der Waals surface area contributed by atoms with Gasteiger partial charge in [0.15, 0.2) is 5.92 Å². The topological polar surface area (TPSA) is 157 Å². The van der Waals surface area contributed by atoms with E-state index in [1.807, 2.05) is 0 Å². The zero-order valence-electron chi connectivity index (χ0n) is 16.5. The standard InChI is InChI=1S/C19H16N2O10/c1-28-10-7-13(29-2)16-14(8-10)31-19(23)17(18(22)30-3)15(16)11-5-4-9(20(24)25)6-12(11)21(26)27/h4-8,15,17H,1-3H3. The molecule has 12 nitrogen and oxygen atoms in total. The lowest BCUT2D eigenvalue weighted by molar-refractivity contribution is -0.394. The summed E-state index contributed by atoms with van der Waals surface area (Å²) in [5.41, 5.74) is -1.13. The number of carbonyl (C=O) groups is 2. The maximum Gasteiger partial charge on any atom is 0.326 e. The van der Waals surface area contributed by atoms with Crippen molar-refractivity contribution in [3.63, 3.8) is 0 Å². The van der Waals surface area contributed by atoms with Crippen LogP contribution in [-0.2, 0) is 14.3 Å². The molecule has 0 bridgehead atoms. The number of benzene rings is 2. The fraction of sp³-hybridized carbons (Fsp3) is 0.263. The number of non-ortho nitro benzene ring substituents is 1. The molecular weight excluding hydrogens is 416 g/mol. The van der Waals surface area contributed by atoms with E-state index in [0.717, 1.165) is 25.3 Å². The Morgan fingerprint density at radius 2 is 1.74 bits per heavy atom. The molecule has 0 amide bonds. The second-order valence-corrected chi connectivity index (χ2v) is 6.40. The van der Waals surface area contributed by atoms with Crippen LogP contribution < -0.4 is 14.2 Å². The summed E-state index contributed by atoms with van der Waals surface area (Å²) < 4.78 is 20.5. The lowest BCUT2D eigenvalue weighted by Gasteiger charge is -2.31. The van der Waals surface area contributed by atoms with Crippen LogP contribution in [0.15, 0.2) is 30.3 Å². The van der Waals surface area contributed by atoms with Gasteiger partial charge in [-0.2, -0.15) is 0 Å². The number of nitrogens with zero attached hydrogens (tertiary/aromatic N) is 2. The Balaban J connectivity index is 2.37. The minimum Gasteiger partial charge on any atom is -0.496 e. The minimum atomic E-state index is -1.61. The Morgan fingerprint density at radius 1 is 1.03 bits per heavy atom. The van der Waals surface area contributed by atoms with E-state index in [1.165, 1.54) is 26.4 Å². The van der Waals surface area contributed by atoms with E-state index in [-0.39, 0.29) is 28.4 Å². The maximum atomic E-state index is 12.7. The Hall–Kier alpha value is -4.22. The van der Waals surface area contributed by atoms with Gasteiger partial charge in [0, 0.05) is 35.2 Å². The fourth-order valence-electron chi connectivity index (χ4n) is 3.49. The number of hydrogen-bond acceptors (Lipinski definition) is 10. The third kappa shape index (κ3) is 3.70. The first-order valence-electron chi connectivity index (χ1n) is 8.71. The monoisotopic (exact) mass is 432 g/mol. The number of nitro groups is 2. The Labute approximate surface area is 174 Å². The highest BCUT2D eigenvalue weighted by Crippen LogP contribution is 2.51. The van der Waals surface area contributed by atoms with Gasteiger partial charge in [0.05, 0.1) is 37.2 Å². The van der Waals surface area contributed by atoms with Gasteiger partial charge in [-0.05, 0) is 6.07 Å². The van der Waals surface area contributed by atoms with Crippen LogP contribution in [-0.4, -0.2) is 43.1 Å². The van der Waals surface area contributed by atoms with Crippen LogP contribution in [0.2, 0.25) is 0 Å². The predicted octanol–water partition coefficient (Wildman–Crippen LogP) is 2.36. The third-order valence-corrected chi connectivity index (χ3v) is 4.85. The zero-order chi connectivity index (χ0) is 22.9. The van der Waals surface area contributed by atoms with Crippen molar-refractivity contribution in [1.29, 1.82) is 0 Å². The lowest BCUT2D eigenvalue weighted by Crippen LogP contribution is -2.39. The SMILES string of the molecule is COC(=O)C1C(=O)Oc2cc(OC)cc(OC)c2C1c1ccc([N+](=O)[O-])cc1[N+](=O)[O-]. The molecule has 0 radical (unpaired) electrons. The quantitative estimate of drug-likeness (QED) is 0.218. The molecule has 31 heavy (non-hydrogen) atoms. The molecule has 2 atom stereocenters. The van der Waals surface area contributed by atoms with Crippen LogP contribution in [0.3, 0.4) is 0 Å². The van der Waals surface area contributed by atoms with E-state index in [0.29, 0.717) is 0 Å². The highest BCUT2D eigenvalue weighted by atomic mass is 16.6. The number of ether oxygens (including phenoxy) is 4. The van der Waals surface area contributed by atoms with Gasteiger partial charge in [-0.25, -0.2) is 0 Å². The molecule has 0 aliphatic carbocycles. The van der Waals surface area contributed by atoms with Crippen molar-refractivity contribution in [2.75, 3.05) is 21.3 Å². The van der Waals surface area contributed by atoms with Crippen molar-refractivity contribution < 1.29 is 38.4 Å². The van der Waals surface area contributed by atoms with Crippen LogP contribution in [0.4, 0.5) is 11.4 Å². The van der Waals surface area contributed by atoms with E-state index in [4.69, 9.17) is 18.9 Å². The van der Waals surface area contributed by atoms with E-state index in [1.54, 1.807) is 0 Å². The summed E-state index contributed by atoms with van der Waals surface area (Å²) in [6.07, 6.45) is 0. The van der Waals surface area contributed by atoms with Gasteiger partial charge in [-0.1, -0.05) is 0 Å². The van der Waals surface area contributed by atoms with Gasteiger partial charge in [-0.15, -0.1) is 0 Å². The van der Waals surface area contributed by atoms with Crippen LogP contribution in [0.5, 0.6) is 17.2 Å². The Kier molecular flexibility index (Phi) is 5.72. The molecular formula is C19H16N2O10. The lowest BCUT2D eigenvalue weighted by atomic mass is 9.77. The van der Waals surface area contributed by atoms with E-state index in [2.05, 4.69) is 0 Å². The molecule has 3 rings (SSSR count). The Morgan fingerprint density at radius 3 is 2.29 bits per heavy atom.